The molecule has 1 N–H and O–H groups in total. The minimum absolute atomic E-state index is 0.00351. The number of carbonyl (C=O) groups is 3. The van der Waals surface area contributed by atoms with Crippen molar-refractivity contribution in [2.75, 3.05) is 30.5 Å². The Labute approximate surface area is 161 Å². The summed E-state index contributed by atoms with van der Waals surface area (Å²) in [5.41, 5.74) is 0.972. The summed E-state index contributed by atoms with van der Waals surface area (Å²) in [6, 6.07) is 12.2. The van der Waals surface area contributed by atoms with Crippen LogP contribution < -0.4 is 15.0 Å². The van der Waals surface area contributed by atoms with Gasteiger partial charge in [0.15, 0.2) is 6.61 Å². The van der Waals surface area contributed by atoms with Crippen molar-refractivity contribution in [1.82, 2.24) is 0 Å². The summed E-state index contributed by atoms with van der Waals surface area (Å²) < 4.78 is 23.2. The van der Waals surface area contributed by atoms with Gasteiger partial charge in [0.25, 0.3) is 5.91 Å². The van der Waals surface area contributed by atoms with E-state index in [9.17, 15) is 18.8 Å². The molecule has 0 aliphatic carbocycles. The number of amides is 2. The average molecular weight is 386 g/mol. The molecule has 0 saturated carbocycles. The molecule has 0 unspecified atom stereocenters. The molecule has 1 saturated heterocycles. The van der Waals surface area contributed by atoms with Gasteiger partial charge in [-0.25, -0.2) is 4.39 Å². The molecular formula is C20H19FN2O5. The van der Waals surface area contributed by atoms with Gasteiger partial charge in [-0.3, -0.25) is 14.4 Å². The first-order valence-corrected chi connectivity index (χ1v) is 8.63. The lowest BCUT2D eigenvalue weighted by atomic mass is 10.1. The third-order valence-electron chi connectivity index (χ3n) is 4.31. The number of hydrogen-bond acceptors (Lipinski definition) is 5. The summed E-state index contributed by atoms with van der Waals surface area (Å²) in [4.78, 5) is 37.9. The van der Waals surface area contributed by atoms with Crippen LogP contribution in [-0.2, 0) is 19.1 Å². The Morgan fingerprint density at radius 1 is 1.18 bits per heavy atom. The molecule has 28 heavy (non-hydrogen) atoms. The Bertz CT molecular complexity index is 884. The maximum Gasteiger partial charge on any atom is 0.311 e. The minimum atomic E-state index is -0.670. The predicted molar refractivity (Wildman–Crippen MR) is 99.4 cm³/mol. The lowest BCUT2D eigenvalue weighted by Crippen LogP contribution is -2.28. The summed E-state index contributed by atoms with van der Waals surface area (Å²) in [6.45, 7) is -0.340. The van der Waals surface area contributed by atoms with Crippen LogP contribution in [0.1, 0.15) is 6.42 Å². The van der Waals surface area contributed by atoms with Gasteiger partial charge in [0.05, 0.1) is 18.7 Å². The number of esters is 1. The molecule has 1 fully saturated rings. The number of benzene rings is 2. The standard InChI is InChI=1S/C20H19FN2O5/c1-27-17-5-3-2-4-16(17)23-11-13(10-19(23)25)20(26)28-12-18(24)22-15-8-6-14(21)7-9-15/h2-9,13H,10-12H2,1H3,(H,22,24)/t13-/m0/s1. The zero-order valence-corrected chi connectivity index (χ0v) is 15.2. The van der Waals surface area contributed by atoms with Crippen molar-refractivity contribution in [2.24, 2.45) is 5.92 Å². The summed E-state index contributed by atoms with van der Waals surface area (Å²) in [5, 5.41) is 2.50. The number of nitrogens with zero attached hydrogens (tertiary/aromatic N) is 1. The second kappa shape index (κ2) is 8.51. The maximum absolute atomic E-state index is 12.9. The lowest BCUT2D eigenvalue weighted by molar-refractivity contribution is -0.151. The molecule has 7 nitrogen and oxygen atoms in total. The number of para-hydroxylation sites is 2. The van der Waals surface area contributed by atoms with Crippen LogP contribution in [0.5, 0.6) is 5.75 Å². The van der Waals surface area contributed by atoms with Crippen LogP contribution in [0.3, 0.4) is 0 Å². The van der Waals surface area contributed by atoms with Crippen molar-refractivity contribution < 1.29 is 28.2 Å². The molecule has 2 amide bonds. The van der Waals surface area contributed by atoms with Crippen LogP contribution in [0.15, 0.2) is 48.5 Å². The largest absolute Gasteiger partial charge is 0.495 e. The molecule has 1 aliphatic rings. The van der Waals surface area contributed by atoms with Gasteiger partial charge < -0.3 is 19.7 Å². The third kappa shape index (κ3) is 4.46. The van der Waals surface area contributed by atoms with E-state index in [0.29, 0.717) is 17.1 Å². The Balaban J connectivity index is 1.54. The number of carbonyl (C=O) groups excluding carboxylic acids is 3. The van der Waals surface area contributed by atoms with Gasteiger partial charge in [-0.2, -0.15) is 0 Å². The molecule has 3 rings (SSSR count). The first-order chi connectivity index (χ1) is 13.5. The normalized spacial score (nSPS) is 16.0. The van der Waals surface area contributed by atoms with Crippen LogP contribution in [-0.4, -0.2) is 38.0 Å². The predicted octanol–water partition coefficient (Wildman–Crippen LogP) is 2.37. The second-order valence-electron chi connectivity index (χ2n) is 6.24. The van der Waals surface area contributed by atoms with Crippen molar-refractivity contribution in [3.63, 3.8) is 0 Å². The molecule has 2 aromatic rings. The van der Waals surface area contributed by atoms with Gasteiger partial charge in [-0.05, 0) is 36.4 Å². The number of nitrogens with one attached hydrogen (secondary N) is 1. The Morgan fingerprint density at radius 2 is 1.89 bits per heavy atom. The molecule has 0 bridgehead atoms. The zero-order valence-electron chi connectivity index (χ0n) is 15.2. The van der Waals surface area contributed by atoms with E-state index in [4.69, 9.17) is 9.47 Å². The van der Waals surface area contributed by atoms with Crippen LogP contribution in [0.2, 0.25) is 0 Å². The smallest absolute Gasteiger partial charge is 0.311 e. The third-order valence-corrected chi connectivity index (χ3v) is 4.31. The number of halogens is 1. The molecule has 1 aliphatic heterocycles. The van der Waals surface area contributed by atoms with E-state index >= 15 is 0 Å². The van der Waals surface area contributed by atoms with Gasteiger partial charge in [0.2, 0.25) is 5.91 Å². The molecule has 0 aromatic heterocycles. The van der Waals surface area contributed by atoms with E-state index in [2.05, 4.69) is 5.32 Å². The second-order valence-corrected chi connectivity index (χ2v) is 6.24. The van der Waals surface area contributed by atoms with Crippen LogP contribution in [0.25, 0.3) is 0 Å². The van der Waals surface area contributed by atoms with E-state index in [1.807, 2.05) is 0 Å². The fourth-order valence-electron chi connectivity index (χ4n) is 2.94. The molecule has 0 radical (unpaired) electrons. The zero-order chi connectivity index (χ0) is 20.1. The number of ether oxygens (including phenoxy) is 2. The number of rotatable bonds is 6. The van der Waals surface area contributed by atoms with Crippen molar-refractivity contribution >= 4 is 29.2 Å². The van der Waals surface area contributed by atoms with E-state index < -0.39 is 30.2 Å². The van der Waals surface area contributed by atoms with E-state index in [1.54, 1.807) is 24.3 Å². The van der Waals surface area contributed by atoms with Gasteiger partial charge in [-0.1, -0.05) is 12.1 Å². The SMILES string of the molecule is COc1ccccc1N1C[C@@H](C(=O)OCC(=O)Nc2ccc(F)cc2)CC1=O. The van der Waals surface area contributed by atoms with Crippen LogP contribution in [0, 0.1) is 11.7 Å². The maximum atomic E-state index is 12.9. The Kier molecular flexibility index (Phi) is 5.88. The first-order valence-electron chi connectivity index (χ1n) is 8.63. The molecule has 146 valence electrons. The molecular weight excluding hydrogens is 367 g/mol. The van der Waals surface area contributed by atoms with Crippen molar-refractivity contribution in [3.8, 4) is 5.75 Å². The number of hydrogen-bond donors (Lipinski definition) is 1. The van der Waals surface area contributed by atoms with Gasteiger partial charge in [0.1, 0.15) is 11.6 Å². The fourth-order valence-corrected chi connectivity index (χ4v) is 2.94. The summed E-state index contributed by atoms with van der Waals surface area (Å²) in [6.07, 6.45) is -0.00351. The highest BCUT2D eigenvalue weighted by Gasteiger charge is 2.37. The van der Waals surface area contributed by atoms with Gasteiger partial charge in [0, 0.05) is 18.7 Å². The minimum Gasteiger partial charge on any atom is -0.495 e. The Morgan fingerprint density at radius 3 is 2.61 bits per heavy atom. The monoisotopic (exact) mass is 386 g/mol. The van der Waals surface area contributed by atoms with Crippen molar-refractivity contribution in [1.29, 1.82) is 0 Å². The highest BCUT2D eigenvalue weighted by atomic mass is 19.1. The van der Waals surface area contributed by atoms with E-state index in [-0.39, 0.29) is 18.9 Å². The van der Waals surface area contributed by atoms with E-state index in [0.717, 1.165) is 0 Å². The quantitative estimate of drug-likeness (QED) is 0.771. The summed E-state index contributed by atoms with van der Waals surface area (Å²) >= 11 is 0. The average Bonchev–Trinajstić information content (AvgIpc) is 3.09. The van der Waals surface area contributed by atoms with Crippen molar-refractivity contribution in [2.45, 2.75) is 6.42 Å². The first kappa shape index (κ1) is 19.3. The number of anilines is 2. The topological polar surface area (TPSA) is 84.9 Å². The summed E-state index contributed by atoms with van der Waals surface area (Å²) in [7, 11) is 1.50. The molecule has 1 heterocycles. The number of methoxy groups -OCH3 is 1. The van der Waals surface area contributed by atoms with Crippen LogP contribution >= 0.6 is 0 Å². The molecule has 0 spiro atoms. The Hall–Kier alpha value is -3.42. The van der Waals surface area contributed by atoms with E-state index in [1.165, 1.54) is 36.3 Å². The van der Waals surface area contributed by atoms with Gasteiger partial charge >= 0.3 is 5.97 Å². The molecule has 2 aromatic carbocycles. The summed E-state index contributed by atoms with van der Waals surface area (Å²) in [5.74, 6) is -1.96. The van der Waals surface area contributed by atoms with Crippen LogP contribution in [0.4, 0.5) is 15.8 Å². The molecule has 8 heteroatoms. The molecule has 1 atom stereocenters. The fraction of sp³-hybridized carbons (Fsp3) is 0.250. The van der Waals surface area contributed by atoms with Crippen molar-refractivity contribution in [3.05, 3.63) is 54.3 Å². The highest BCUT2D eigenvalue weighted by Crippen LogP contribution is 2.33. The highest BCUT2D eigenvalue weighted by molar-refractivity contribution is 6.01. The van der Waals surface area contributed by atoms with Gasteiger partial charge in [-0.15, -0.1) is 0 Å². The lowest BCUT2D eigenvalue weighted by Gasteiger charge is -2.19.